The summed E-state index contributed by atoms with van der Waals surface area (Å²) in [6.45, 7) is 2.06. The number of nitrogens with zero attached hydrogens (tertiary/aromatic N) is 1. The van der Waals surface area contributed by atoms with Crippen LogP contribution in [0.25, 0.3) is 0 Å². The highest BCUT2D eigenvalue weighted by molar-refractivity contribution is 7.79. The number of benzene rings is 3. The Hall–Kier alpha value is -1.99. The monoisotopic (exact) mass is 363 g/mol. The van der Waals surface area contributed by atoms with Crippen molar-refractivity contribution in [3.8, 4) is 0 Å². The van der Waals surface area contributed by atoms with E-state index in [0.29, 0.717) is 0 Å². The van der Waals surface area contributed by atoms with Crippen LogP contribution in [0, 0.1) is 0 Å². The van der Waals surface area contributed by atoms with Gasteiger partial charge in [0.1, 0.15) is 0 Å². The van der Waals surface area contributed by atoms with E-state index in [1.807, 2.05) is 20.2 Å². The zero-order chi connectivity index (χ0) is 18.5. The van der Waals surface area contributed by atoms with Crippen LogP contribution < -0.4 is 15.9 Å². The Morgan fingerprint density at radius 2 is 1.19 bits per heavy atom. The van der Waals surface area contributed by atoms with Gasteiger partial charge in [0.2, 0.25) is 0 Å². The van der Waals surface area contributed by atoms with Crippen LogP contribution in [0.4, 0.5) is 0 Å². The van der Waals surface area contributed by atoms with E-state index < -0.39 is 14.0 Å². The summed E-state index contributed by atoms with van der Waals surface area (Å²) < 4.78 is 0. The summed E-state index contributed by atoms with van der Waals surface area (Å²) >= 11 is 0. The smallest absolute Gasteiger partial charge is 0.0948 e. The van der Waals surface area contributed by atoms with Crippen molar-refractivity contribution in [2.24, 2.45) is 0 Å². The van der Waals surface area contributed by atoms with Gasteiger partial charge in [0.25, 0.3) is 0 Å². The van der Waals surface area contributed by atoms with Gasteiger partial charge in [-0.15, -0.1) is 0 Å². The highest BCUT2D eigenvalue weighted by Crippen LogP contribution is 2.36. The number of rotatable bonds is 6. The molecule has 0 saturated heterocycles. The maximum absolute atomic E-state index is 11.1. The SMILES string of the molecule is CC(C(O)c1ccccc1P(c1ccccc1)c1ccccc1)N(C)C. The van der Waals surface area contributed by atoms with Crippen molar-refractivity contribution < 1.29 is 5.11 Å². The molecule has 2 unspecified atom stereocenters. The molecule has 3 aromatic carbocycles. The molecule has 2 atom stereocenters. The molecule has 3 rings (SSSR count). The van der Waals surface area contributed by atoms with Gasteiger partial charge in [0.15, 0.2) is 0 Å². The first-order valence-electron chi connectivity index (χ1n) is 8.93. The topological polar surface area (TPSA) is 23.5 Å². The largest absolute Gasteiger partial charge is 0.387 e. The second-order valence-corrected chi connectivity index (χ2v) is 8.90. The predicted molar refractivity (Wildman–Crippen MR) is 113 cm³/mol. The molecule has 0 radical (unpaired) electrons. The van der Waals surface area contributed by atoms with E-state index in [4.69, 9.17) is 0 Å². The summed E-state index contributed by atoms with van der Waals surface area (Å²) in [7, 11) is 3.29. The van der Waals surface area contributed by atoms with Crippen molar-refractivity contribution >= 4 is 23.8 Å². The van der Waals surface area contributed by atoms with Crippen LogP contribution in [0.2, 0.25) is 0 Å². The predicted octanol–water partition coefficient (Wildman–Crippen LogP) is 3.43. The van der Waals surface area contributed by atoms with Gasteiger partial charge in [-0.25, -0.2) is 0 Å². The van der Waals surface area contributed by atoms with Crippen LogP contribution in [0.5, 0.6) is 0 Å². The third kappa shape index (κ3) is 4.04. The van der Waals surface area contributed by atoms with E-state index in [2.05, 4.69) is 90.7 Å². The lowest BCUT2D eigenvalue weighted by Crippen LogP contribution is -2.34. The van der Waals surface area contributed by atoms with Gasteiger partial charge in [0, 0.05) is 6.04 Å². The molecule has 3 heteroatoms. The van der Waals surface area contributed by atoms with E-state index in [1.54, 1.807) is 0 Å². The van der Waals surface area contributed by atoms with Gasteiger partial charge < -0.3 is 10.0 Å². The highest BCUT2D eigenvalue weighted by atomic mass is 31.1. The first kappa shape index (κ1) is 18.8. The van der Waals surface area contributed by atoms with E-state index in [9.17, 15) is 5.11 Å². The fourth-order valence-corrected chi connectivity index (χ4v) is 5.56. The van der Waals surface area contributed by atoms with Crippen LogP contribution >= 0.6 is 7.92 Å². The van der Waals surface area contributed by atoms with E-state index >= 15 is 0 Å². The molecule has 0 saturated carbocycles. The molecular weight excluding hydrogens is 337 g/mol. The number of likely N-dealkylation sites (N-methyl/N-ethyl adjacent to an activating group) is 1. The molecule has 0 fully saturated rings. The molecule has 0 bridgehead atoms. The Bertz CT molecular complexity index is 780. The standard InChI is InChI=1S/C23H26NOP/c1-18(24(2)3)23(25)21-16-10-11-17-22(21)26(19-12-6-4-7-13-19)20-14-8-5-9-15-20/h4-18,23,25H,1-3H3. The zero-order valence-corrected chi connectivity index (χ0v) is 16.5. The van der Waals surface area contributed by atoms with Gasteiger partial charge in [-0.2, -0.15) is 0 Å². The summed E-state index contributed by atoms with van der Waals surface area (Å²) in [5, 5.41) is 14.9. The lowest BCUT2D eigenvalue weighted by atomic mass is 10.0. The minimum atomic E-state index is -0.722. The molecule has 2 nitrogen and oxygen atoms in total. The van der Waals surface area contributed by atoms with Gasteiger partial charge in [-0.05, 0) is 50.4 Å². The van der Waals surface area contributed by atoms with Gasteiger partial charge in [-0.1, -0.05) is 84.9 Å². The molecule has 0 aliphatic rings. The first-order valence-corrected chi connectivity index (χ1v) is 10.3. The van der Waals surface area contributed by atoms with Crippen molar-refractivity contribution in [2.45, 2.75) is 19.1 Å². The molecule has 0 aromatic heterocycles. The molecule has 26 heavy (non-hydrogen) atoms. The Kier molecular flexibility index (Phi) is 6.21. The van der Waals surface area contributed by atoms with Crippen molar-refractivity contribution in [1.29, 1.82) is 0 Å². The lowest BCUT2D eigenvalue weighted by molar-refractivity contribution is 0.0867. The second-order valence-electron chi connectivity index (χ2n) is 6.71. The molecule has 0 aliphatic heterocycles. The third-order valence-corrected chi connectivity index (χ3v) is 7.31. The summed E-state index contributed by atoms with van der Waals surface area (Å²) in [6.07, 6.45) is -0.529. The molecule has 1 N–H and O–H groups in total. The first-order chi connectivity index (χ1) is 12.6. The zero-order valence-electron chi connectivity index (χ0n) is 15.6. The molecule has 0 aliphatic carbocycles. The second kappa shape index (κ2) is 8.60. The quantitative estimate of drug-likeness (QED) is 0.679. The van der Waals surface area contributed by atoms with Crippen molar-refractivity contribution in [2.75, 3.05) is 14.1 Å². The molecule has 3 aromatic rings. The summed E-state index contributed by atoms with van der Waals surface area (Å²) in [6, 6.07) is 29.6. The maximum atomic E-state index is 11.1. The molecule has 0 heterocycles. The normalized spacial score (nSPS) is 13.8. The highest BCUT2D eigenvalue weighted by Gasteiger charge is 2.25. The molecular formula is C23H26NOP. The summed E-state index contributed by atoms with van der Waals surface area (Å²) in [4.78, 5) is 2.06. The third-order valence-electron chi connectivity index (χ3n) is 4.80. The van der Waals surface area contributed by atoms with Crippen LogP contribution in [0.3, 0.4) is 0 Å². The number of hydrogen-bond donors (Lipinski definition) is 1. The molecule has 0 amide bonds. The van der Waals surface area contributed by atoms with Crippen molar-refractivity contribution in [3.05, 3.63) is 90.5 Å². The summed E-state index contributed by atoms with van der Waals surface area (Å²) in [5.41, 5.74) is 1.02. The van der Waals surface area contributed by atoms with E-state index in [-0.39, 0.29) is 6.04 Å². The van der Waals surface area contributed by atoms with E-state index in [0.717, 1.165) is 5.56 Å². The minimum absolute atomic E-state index is 0.0412. The Balaban J connectivity index is 2.14. The average molecular weight is 363 g/mol. The Labute approximate surface area is 157 Å². The number of hydrogen-bond acceptors (Lipinski definition) is 2. The van der Waals surface area contributed by atoms with Crippen molar-refractivity contribution in [1.82, 2.24) is 4.90 Å². The Morgan fingerprint density at radius 3 is 1.69 bits per heavy atom. The fourth-order valence-electron chi connectivity index (χ4n) is 3.06. The Morgan fingerprint density at radius 1 is 0.731 bits per heavy atom. The maximum Gasteiger partial charge on any atom is 0.0948 e. The van der Waals surface area contributed by atoms with Crippen molar-refractivity contribution in [3.63, 3.8) is 0 Å². The van der Waals surface area contributed by atoms with Crippen LogP contribution in [0.1, 0.15) is 18.6 Å². The van der Waals surface area contributed by atoms with Gasteiger partial charge >= 0.3 is 0 Å². The average Bonchev–Trinajstić information content (AvgIpc) is 2.69. The minimum Gasteiger partial charge on any atom is -0.387 e. The lowest BCUT2D eigenvalue weighted by Gasteiger charge is -2.29. The summed E-state index contributed by atoms with van der Waals surface area (Å²) in [5.74, 6) is 0. The fraction of sp³-hybridized carbons (Fsp3) is 0.217. The van der Waals surface area contributed by atoms with Crippen LogP contribution in [0.15, 0.2) is 84.9 Å². The van der Waals surface area contributed by atoms with Crippen LogP contribution in [-0.2, 0) is 0 Å². The van der Waals surface area contributed by atoms with E-state index in [1.165, 1.54) is 15.9 Å². The number of aliphatic hydroxyl groups is 1. The number of aliphatic hydroxyl groups excluding tert-OH is 1. The van der Waals surface area contributed by atoms with Gasteiger partial charge in [0.05, 0.1) is 6.10 Å². The molecule has 0 spiro atoms. The van der Waals surface area contributed by atoms with Crippen LogP contribution in [-0.4, -0.2) is 30.1 Å². The molecule has 134 valence electrons. The van der Waals surface area contributed by atoms with Gasteiger partial charge in [-0.3, -0.25) is 0 Å².